The molecular formula is C23H36N4O. The lowest BCUT2D eigenvalue weighted by Gasteiger charge is -2.41. The summed E-state index contributed by atoms with van der Waals surface area (Å²) in [5.41, 5.74) is 1.07. The molecule has 1 amide bonds. The summed E-state index contributed by atoms with van der Waals surface area (Å²) < 4.78 is 0. The summed E-state index contributed by atoms with van der Waals surface area (Å²) in [7, 11) is 1.84. The van der Waals surface area contributed by atoms with Crippen molar-refractivity contribution in [1.82, 2.24) is 14.8 Å². The lowest BCUT2D eigenvalue weighted by atomic mass is 9.79. The van der Waals surface area contributed by atoms with Crippen LogP contribution < -0.4 is 5.32 Å². The van der Waals surface area contributed by atoms with E-state index in [1.807, 2.05) is 19.2 Å². The van der Waals surface area contributed by atoms with Crippen LogP contribution in [0.2, 0.25) is 0 Å². The number of aromatic nitrogens is 1. The van der Waals surface area contributed by atoms with Crippen molar-refractivity contribution in [2.75, 3.05) is 45.1 Å². The quantitative estimate of drug-likeness (QED) is 0.833. The van der Waals surface area contributed by atoms with Gasteiger partial charge in [-0.25, -0.2) is 4.98 Å². The van der Waals surface area contributed by atoms with E-state index in [1.54, 1.807) is 6.20 Å². The van der Waals surface area contributed by atoms with Crippen LogP contribution in [0.1, 0.15) is 68.1 Å². The Hall–Kier alpha value is -1.62. The average Bonchev–Trinajstić information content (AvgIpc) is 3.15. The predicted octanol–water partition coefficient (Wildman–Crippen LogP) is 4.02. The fourth-order valence-electron chi connectivity index (χ4n) is 5.67. The molecule has 2 aliphatic heterocycles. The van der Waals surface area contributed by atoms with E-state index < -0.39 is 0 Å². The van der Waals surface area contributed by atoms with E-state index >= 15 is 0 Å². The smallest absolute Gasteiger partial charge is 0.254 e. The molecule has 0 radical (unpaired) electrons. The van der Waals surface area contributed by atoms with Gasteiger partial charge in [0, 0.05) is 43.9 Å². The number of hydrogen-bond acceptors (Lipinski definition) is 4. The third-order valence-corrected chi connectivity index (χ3v) is 7.31. The maximum Gasteiger partial charge on any atom is 0.254 e. The Morgan fingerprint density at radius 3 is 2.86 bits per heavy atom. The van der Waals surface area contributed by atoms with Crippen LogP contribution in [0, 0.1) is 11.3 Å². The highest BCUT2D eigenvalue weighted by Crippen LogP contribution is 2.40. The summed E-state index contributed by atoms with van der Waals surface area (Å²) in [5, 5.41) is 3.03. The van der Waals surface area contributed by atoms with E-state index in [1.165, 1.54) is 71.0 Å². The van der Waals surface area contributed by atoms with Gasteiger partial charge in [0.2, 0.25) is 0 Å². The minimum atomic E-state index is 0.162. The number of pyridine rings is 1. The van der Waals surface area contributed by atoms with Gasteiger partial charge < -0.3 is 15.1 Å². The predicted molar refractivity (Wildman–Crippen MR) is 114 cm³/mol. The highest BCUT2D eigenvalue weighted by Gasteiger charge is 2.42. The first-order valence-electron chi connectivity index (χ1n) is 11.3. The summed E-state index contributed by atoms with van der Waals surface area (Å²) in [6.45, 7) is 5.51. The minimum Gasteiger partial charge on any atom is -0.373 e. The molecular weight excluding hydrogens is 348 g/mol. The van der Waals surface area contributed by atoms with Crippen molar-refractivity contribution in [2.45, 2.75) is 57.8 Å². The second-order valence-corrected chi connectivity index (χ2v) is 9.33. The summed E-state index contributed by atoms with van der Waals surface area (Å²) in [6, 6.07) is 3.70. The zero-order valence-electron chi connectivity index (χ0n) is 17.5. The minimum absolute atomic E-state index is 0.162. The molecule has 1 atom stereocenters. The molecule has 0 unspecified atom stereocenters. The molecule has 1 aliphatic carbocycles. The molecule has 154 valence electrons. The highest BCUT2D eigenvalue weighted by molar-refractivity contribution is 5.95. The van der Waals surface area contributed by atoms with Gasteiger partial charge in [-0.2, -0.15) is 0 Å². The van der Waals surface area contributed by atoms with Gasteiger partial charge in [-0.3, -0.25) is 4.79 Å². The van der Waals surface area contributed by atoms with Gasteiger partial charge in [0.25, 0.3) is 5.91 Å². The number of nitrogens with one attached hydrogen (secondary N) is 1. The first-order chi connectivity index (χ1) is 13.7. The van der Waals surface area contributed by atoms with Crippen LogP contribution >= 0.6 is 0 Å². The van der Waals surface area contributed by atoms with Gasteiger partial charge >= 0.3 is 0 Å². The van der Waals surface area contributed by atoms with Crippen LogP contribution in [-0.2, 0) is 0 Å². The first-order valence-corrected chi connectivity index (χ1v) is 11.3. The second kappa shape index (κ2) is 8.81. The summed E-state index contributed by atoms with van der Waals surface area (Å²) in [4.78, 5) is 22.0. The van der Waals surface area contributed by atoms with Crippen molar-refractivity contribution in [2.24, 2.45) is 11.3 Å². The van der Waals surface area contributed by atoms with E-state index in [4.69, 9.17) is 0 Å². The fourth-order valence-corrected chi connectivity index (χ4v) is 5.67. The molecule has 1 aromatic heterocycles. The lowest BCUT2D eigenvalue weighted by molar-refractivity contribution is 0.0674. The molecule has 28 heavy (non-hydrogen) atoms. The number of carbonyl (C=O) groups excluding carboxylic acids is 1. The van der Waals surface area contributed by atoms with Crippen molar-refractivity contribution < 1.29 is 4.79 Å². The fraction of sp³-hybridized carbons (Fsp3) is 0.739. The molecule has 2 saturated heterocycles. The molecule has 1 spiro atoms. The molecule has 3 fully saturated rings. The zero-order chi connectivity index (χ0) is 19.4. The van der Waals surface area contributed by atoms with Crippen molar-refractivity contribution in [3.8, 4) is 0 Å². The van der Waals surface area contributed by atoms with Gasteiger partial charge in [-0.15, -0.1) is 0 Å². The average molecular weight is 385 g/mol. The summed E-state index contributed by atoms with van der Waals surface area (Å²) in [6.07, 6.45) is 14.0. The third kappa shape index (κ3) is 4.51. The monoisotopic (exact) mass is 384 g/mol. The van der Waals surface area contributed by atoms with Gasteiger partial charge in [0.15, 0.2) is 0 Å². The van der Waals surface area contributed by atoms with Crippen molar-refractivity contribution >= 4 is 11.7 Å². The Balaban J connectivity index is 1.33. The van der Waals surface area contributed by atoms with E-state index in [9.17, 15) is 4.79 Å². The van der Waals surface area contributed by atoms with Crippen molar-refractivity contribution in [1.29, 1.82) is 0 Å². The Bertz CT molecular complexity index is 672. The number of likely N-dealkylation sites (tertiary alicyclic amines) is 2. The molecule has 3 aliphatic rings. The molecule has 1 N–H and O–H groups in total. The van der Waals surface area contributed by atoms with Crippen LogP contribution in [0.25, 0.3) is 0 Å². The maximum absolute atomic E-state index is 13.0. The number of carbonyl (C=O) groups is 1. The van der Waals surface area contributed by atoms with E-state index in [0.717, 1.165) is 36.8 Å². The zero-order valence-corrected chi connectivity index (χ0v) is 17.5. The van der Waals surface area contributed by atoms with Crippen LogP contribution in [0.15, 0.2) is 18.3 Å². The SMILES string of the molecule is CNc1cc(C(=O)N2CC[C@]3(CCCN(CCC4CCCCC4)C3)C2)ccn1. The Morgan fingerprint density at radius 2 is 2.04 bits per heavy atom. The standard InChI is InChI=1S/C23H36N4O/c1-24-21-16-20(8-12-25-21)22(28)27-15-11-23(18-27)10-5-13-26(17-23)14-9-19-6-3-2-4-7-19/h8,12,16,19H,2-7,9-11,13-15,17-18H2,1H3,(H,24,25)/t23-/m0/s1. The molecule has 1 saturated carbocycles. The number of rotatable bonds is 5. The molecule has 4 rings (SSSR count). The third-order valence-electron chi connectivity index (χ3n) is 7.31. The van der Waals surface area contributed by atoms with Gasteiger partial charge in [0.1, 0.15) is 5.82 Å². The number of nitrogens with zero attached hydrogens (tertiary/aromatic N) is 3. The van der Waals surface area contributed by atoms with Gasteiger partial charge in [-0.05, 0) is 56.8 Å². The molecule has 0 aromatic carbocycles. The van der Waals surface area contributed by atoms with Crippen molar-refractivity contribution in [3.05, 3.63) is 23.9 Å². The molecule has 1 aromatic rings. The van der Waals surface area contributed by atoms with Crippen LogP contribution in [-0.4, -0.2) is 60.5 Å². The molecule has 5 heteroatoms. The van der Waals surface area contributed by atoms with Crippen LogP contribution in [0.4, 0.5) is 5.82 Å². The Kier molecular flexibility index (Phi) is 6.19. The second-order valence-electron chi connectivity index (χ2n) is 9.33. The molecule has 3 heterocycles. The van der Waals surface area contributed by atoms with E-state index in [0.29, 0.717) is 5.41 Å². The first kappa shape index (κ1) is 19.7. The number of amides is 1. The van der Waals surface area contributed by atoms with Crippen molar-refractivity contribution in [3.63, 3.8) is 0 Å². The summed E-state index contributed by atoms with van der Waals surface area (Å²) >= 11 is 0. The van der Waals surface area contributed by atoms with Gasteiger partial charge in [-0.1, -0.05) is 32.1 Å². The van der Waals surface area contributed by atoms with Gasteiger partial charge in [0.05, 0.1) is 0 Å². The maximum atomic E-state index is 13.0. The van der Waals surface area contributed by atoms with E-state index in [2.05, 4.69) is 20.1 Å². The van der Waals surface area contributed by atoms with Crippen LogP contribution in [0.3, 0.4) is 0 Å². The Morgan fingerprint density at radius 1 is 1.18 bits per heavy atom. The Labute approximate surface area is 169 Å². The summed E-state index contributed by atoms with van der Waals surface area (Å²) in [5.74, 6) is 1.88. The van der Waals surface area contributed by atoms with E-state index in [-0.39, 0.29) is 5.91 Å². The number of anilines is 1. The topological polar surface area (TPSA) is 48.5 Å². The highest BCUT2D eigenvalue weighted by atomic mass is 16.2. The van der Waals surface area contributed by atoms with Crippen LogP contribution in [0.5, 0.6) is 0 Å². The largest absolute Gasteiger partial charge is 0.373 e. The number of hydrogen-bond donors (Lipinski definition) is 1. The molecule has 5 nitrogen and oxygen atoms in total. The normalized spacial score (nSPS) is 26.7. The molecule has 0 bridgehead atoms. The number of piperidine rings is 1. The lowest BCUT2D eigenvalue weighted by Crippen LogP contribution is -2.45.